The van der Waals surface area contributed by atoms with Gasteiger partial charge in [-0.05, 0) is 134 Å². The molecule has 0 heterocycles. The van der Waals surface area contributed by atoms with Crippen LogP contribution in [-0.4, -0.2) is 94.7 Å². The number of aliphatic carboxylic acids is 1. The fourth-order valence-electron chi connectivity index (χ4n) is 11.0. The summed E-state index contributed by atoms with van der Waals surface area (Å²) in [4.78, 5) is 86.6. The molecule has 0 bridgehead atoms. The van der Waals surface area contributed by atoms with Crippen LogP contribution in [0, 0.1) is 46.3 Å². The zero-order chi connectivity index (χ0) is 44.1. The van der Waals surface area contributed by atoms with E-state index < -0.39 is 89.9 Å². The highest BCUT2D eigenvalue weighted by Gasteiger charge is 2.67. The van der Waals surface area contributed by atoms with Gasteiger partial charge in [-0.25, -0.2) is 9.59 Å². The monoisotopic (exact) mass is 836 g/mol. The largest absolute Gasteiger partial charge is 0.481 e. The van der Waals surface area contributed by atoms with Gasteiger partial charge in [0.2, 0.25) is 0 Å². The lowest BCUT2D eigenvalue weighted by Gasteiger charge is -2.64. The van der Waals surface area contributed by atoms with Gasteiger partial charge < -0.3 is 38.6 Å². The van der Waals surface area contributed by atoms with Crippen molar-refractivity contribution in [1.82, 2.24) is 0 Å². The van der Waals surface area contributed by atoms with Crippen molar-refractivity contribution in [3.05, 3.63) is 0 Å². The third-order valence-corrected chi connectivity index (χ3v) is 13.5. The van der Waals surface area contributed by atoms with E-state index in [0.29, 0.717) is 38.5 Å². The summed E-state index contributed by atoms with van der Waals surface area (Å²) in [5.41, 5.74) is -2.30. The Morgan fingerprint density at radius 1 is 0.661 bits per heavy atom. The average molecular weight is 837 g/mol. The second kappa shape index (κ2) is 19.3. The summed E-state index contributed by atoms with van der Waals surface area (Å²) >= 11 is 0. The first kappa shape index (κ1) is 47.9. The number of aliphatic hydroxyl groups is 1. The number of carboxylic acid groups (broad SMARTS) is 1. The lowest BCUT2D eigenvalue weighted by molar-refractivity contribution is -0.219. The number of esters is 6. The molecule has 4 aliphatic carbocycles. The van der Waals surface area contributed by atoms with Gasteiger partial charge in [0.05, 0.1) is 31.8 Å². The van der Waals surface area contributed by atoms with E-state index in [4.69, 9.17) is 28.4 Å². The van der Waals surface area contributed by atoms with Crippen molar-refractivity contribution in [2.45, 2.75) is 175 Å². The summed E-state index contributed by atoms with van der Waals surface area (Å²) in [6.07, 6.45) is 2.26. The molecule has 0 aliphatic heterocycles. The quantitative estimate of drug-likeness (QED) is 0.137. The first-order valence-corrected chi connectivity index (χ1v) is 21.4. The molecule has 0 radical (unpaired) electrons. The van der Waals surface area contributed by atoms with E-state index in [-0.39, 0.29) is 73.0 Å². The molecule has 11 atom stereocenters. The van der Waals surface area contributed by atoms with Crippen molar-refractivity contribution in [2.75, 3.05) is 13.2 Å². The fraction of sp³-hybridized carbons (Fsp3) is 0.841. The van der Waals surface area contributed by atoms with Crippen LogP contribution in [0.5, 0.6) is 0 Å². The Bertz CT molecular complexity index is 1560. The maximum atomic E-state index is 13.6. The van der Waals surface area contributed by atoms with Gasteiger partial charge in [-0.15, -0.1) is 0 Å². The first-order valence-electron chi connectivity index (χ1n) is 21.4. The number of rotatable bonds is 16. The van der Waals surface area contributed by atoms with Gasteiger partial charge in [0, 0.05) is 11.8 Å². The van der Waals surface area contributed by atoms with Crippen LogP contribution in [0.25, 0.3) is 0 Å². The lowest BCUT2D eigenvalue weighted by atomic mass is 9.43. The molecule has 4 saturated carbocycles. The molecule has 0 aromatic heterocycles. The van der Waals surface area contributed by atoms with Gasteiger partial charge in [-0.2, -0.15) is 0 Å². The number of carbonyl (C=O) groups is 7. The van der Waals surface area contributed by atoms with E-state index in [1.165, 1.54) is 0 Å². The average Bonchev–Trinajstić information content (AvgIpc) is 3.47. The molecule has 4 rings (SSSR count). The van der Waals surface area contributed by atoms with Crippen LogP contribution in [-0.2, 0) is 62.0 Å². The van der Waals surface area contributed by atoms with Gasteiger partial charge in [0.25, 0.3) is 0 Å². The minimum atomic E-state index is -0.873. The molecule has 0 aromatic carbocycles. The molecule has 0 amide bonds. The van der Waals surface area contributed by atoms with E-state index in [1.807, 2.05) is 0 Å². The van der Waals surface area contributed by atoms with Gasteiger partial charge in [0.15, 0.2) is 13.2 Å². The molecule has 4 fully saturated rings. The molecule has 0 spiro atoms. The number of ether oxygens (including phenoxy) is 6. The third-order valence-electron chi connectivity index (χ3n) is 13.5. The van der Waals surface area contributed by atoms with Crippen LogP contribution in [0.2, 0.25) is 0 Å². The van der Waals surface area contributed by atoms with Gasteiger partial charge in [-0.3, -0.25) is 24.0 Å². The van der Waals surface area contributed by atoms with Crippen LogP contribution in [0.4, 0.5) is 0 Å². The van der Waals surface area contributed by atoms with E-state index >= 15 is 0 Å². The second-order valence-corrected chi connectivity index (χ2v) is 19.9. The Morgan fingerprint density at radius 3 is 1.71 bits per heavy atom. The summed E-state index contributed by atoms with van der Waals surface area (Å²) in [7, 11) is 0. The van der Waals surface area contributed by atoms with E-state index in [2.05, 4.69) is 20.8 Å². The highest BCUT2D eigenvalue weighted by Crippen LogP contribution is 2.69. The van der Waals surface area contributed by atoms with Crippen LogP contribution in [0.15, 0.2) is 0 Å². The number of carbonyl (C=O) groups excluding carboxylic acids is 6. The maximum absolute atomic E-state index is 13.6. The Hall–Kier alpha value is -3.75. The number of aliphatic hydroxyl groups excluding tert-OH is 1. The molecule has 4 aliphatic rings. The number of hydrogen-bond acceptors (Lipinski definition) is 14. The molecule has 0 aromatic rings. The summed E-state index contributed by atoms with van der Waals surface area (Å²) in [5, 5.41) is 21.5. The molecule has 15 nitrogen and oxygen atoms in total. The molecule has 11 unspecified atom stereocenters. The number of carboxylic acids is 1. The van der Waals surface area contributed by atoms with Crippen molar-refractivity contribution in [3.8, 4) is 0 Å². The number of fused-ring (bicyclic) bond motifs is 5. The molecule has 334 valence electrons. The molecule has 15 heteroatoms. The summed E-state index contributed by atoms with van der Waals surface area (Å²) in [6.45, 7) is 15.5. The zero-order valence-corrected chi connectivity index (χ0v) is 36.5. The molecular formula is C44H68O15. The lowest BCUT2D eigenvalue weighted by Crippen LogP contribution is -2.63. The molecule has 0 saturated heterocycles. The molecule has 2 N–H and O–H groups in total. The predicted octanol–water partition coefficient (Wildman–Crippen LogP) is 5.88. The van der Waals surface area contributed by atoms with Crippen molar-refractivity contribution in [2.24, 2.45) is 46.3 Å². The van der Waals surface area contributed by atoms with Crippen LogP contribution < -0.4 is 0 Å². The van der Waals surface area contributed by atoms with Crippen molar-refractivity contribution < 1.29 is 72.2 Å². The van der Waals surface area contributed by atoms with Crippen molar-refractivity contribution >= 4 is 41.8 Å². The minimum Gasteiger partial charge on any atom is -0.481 e. The highest BCUT2D eigenvalue weighted by atomic mass is 16.6. The number of hydrogen-bond donors (Lipinski definition) is 2. The van der Waals surface area contributed by atoms with E-state index in [9.17, 15) is 43.8 Å². The Kier molecular flexibility index (Phi) is 15.7. The summed E-state index contributed by atoms with van der Waals surface area (Å²) in [6, 6.07) is 0. The Morgan fingerprint density at radius 2 is 1.19 bits per heavy atom. The maximum Gasteiger partial charge on any atom is 0.344 e. The topological polar surface area (TPSA) is 215 Å². The Balaban J connectivity index is 1.43. The molecular weight excluding hydrogens is 768 g/mol. The van der Waals surface area contributed by atoms with Crippen LogP contribution in [0.3, 0.4) is 0 Å². The van der Waals surface area contributed by atoms with Crippen LogP contribution >= 0.6 is 0 Å². The third kappa shape index (κ3) is 12.6. The van der Waals surface area contributed by atoms with Gasteiger partial charge in [-0.1, -0.05) is 20.8 Å². The summed E-state index contributed by atoms with van der Waals surface area (Å²) in [5.74, 6) is -4.90. The van der Waals surface area contributed by atoms with Crippen LogP contribution in [0.1, 0.15) is 146 Å². The van der Waals surface area contributed by atoms with Gasteiger partial charge >= 0.3 is 41.8 Å². The molecule has 59 heavy (non-hydrogen) atoms. The Labute approximate surface area is 348 Å². The van der Waals surface area contributed by atoms with E-state index in [1.54, 1.807) is 41.5 Å². The second-order valence-electron chi connectivity index (χ2n) is 19.9. The highest BCUT2D eigenvalue weighted by molar-refractivity contribution is 5.81. The minimum absolute atomic E-state index is 0.00349. The fourth-order valence-corrected chi connectivity index (χ4v) is 11.0. The SMILES string of the molecule is CC(CCC(=O)O)C1CCC2C3C(O)CC4CC(OC(=O)CCC(=O)OCC(=O)OC(C)(C)C)CCC4(C)C3CC(OC(=O)CCC(=O)OCC(=O)OC(C)(C)C)C12C. The normalized spacial score (nSPS) is 31.9. The van der Waals surface area contributed by atoms with Gasteiger partial charge in [0.1, 0.15) is 23.4 Å². The smallest absolute Gasteiger partial charge is 0.344 e. The predicted molar refractivity (Wildman–Crippen MR) is 210 cm³/mol. The standard InChI is InChI=1S/C44H68O15/c1-25(10-13-33(46)47)28-11-12-29-40-30(22-32(44(28,29)9)57-37(51)17-15-35(49)55-24-39(53)59-42(5,6)7)43(8)19-18-27(20-26(43)21-31(40)45)56-36(50)16-14-34(48)54-23-38(52)58-41(2,3)4/h25-32,40,45H,10-24H2,1-9H3,(H,46,47). The van der Waals surface area contributed by atoms with Crippen molar-refractivity contribution in [3.63, 3.8) is 0 Å². The summed E-state index contributed by atoms with van der Waals surface area (Å²) < 4.78 is 32.5. The zero-order valence-electron chi connectivity index (χ0n) is 36.5. The first-order chi connectivity index (χ1) is 27.3. The van der Waals surface area contributed by atoms with E-state index in [0.717, 1.165) is 12.8 Å². The van der Waals surface area contributed by atoms with Crippen molar-refractivity contribution in [1.29, 1.82) is 0 Å².